The minimum absolute atomic E-state index is 0.343. The number of hydrogen-bond acceptors (Lipinski definition) is 14. The fourth-order valence-corrected chi connectivity index (χ4v) is 5.72. The molecule has 18 heteroatoms. The van der Waals surface area contributed by atoms with Gasteiger partial charge in [0.15, 0.2) is 0 Å². The van der Waals surface area contributed by atoms with Gasteiger partial charge in [-0.15, -0.1) is 0 Å². The molecule has 0 spiro atoms. The predicted molar refractivity (Wildman–Crippen MR) is 234 cm³/mol. The average Bonchev–Trinajstić information content (AvgIpc) is 3.07. The summed E-state index contributed by atoms with van der Waals surface area (Å²) in [6.45, 7) is 21.0. The summed E-state index contributed by atoms with van der Waals surface area (Å²) in [5.74, 6) is -5.32. The van der Waals surface area contributed by atoms with Gasteiger partial charge in [0.25, 0.3) is 0 Å². The minimum Gasteiger partial charge on any atom is -0.460 e. The Balaban J connectivity index is 4.67. The van der Waals surface area contributed by atoms with Crippen molar-refractivity contribution < 1.29 is 57.3 Å². The van der Waals surface area contributed by atoms with Gasteiger partial charge >= 0.3 is 23.9 Å². The zero-order valence-electron chi connectivity index (χ0n) is 39.7. The van der Waals surface area contributed by atoms with Crippen molar-refractivity contribution in [2.24, 2.45) is 11.5 Å². The first-order valence-corrected chi connectivity index (χ1v) is 21.9. The lowest BCUT2D eigenvalue weighted by Crippen LogP contribution is -2.53. The van der Waals surface area contributed by atoms with Crippen molar-refractivity contribution in [1.29, 1.82) is 0 Å². The number of unbranched alkanes of at least 4 members (excludes halogenated alkanes) is 9. The molecule has 0 fully saturated rings. The van der Waals surface area contributed by atoms with E-state index in [1.165, 1.54) is 0 Å². The summed E-state index contributed by atoms with van der Waals surface area (Å²) in [4.78, 5) is 101. The van der Waals surface area contributed by atoms with Crippen LogP contribution in [-0.2, 0) is 57.3 Å². The first kappa shape index (κ1) is 57.7. The SMILES string of the molecule is CC(C)(C)OC(=O)C[C@H](NC(=O)[C@@H](N)CC(=O)OC(C)(C)C)C(=O)NCCCCCCCCCCCCNC(=O)[C@H](CC(=O)OC(C)(C)C)NC(=O)[C@@H](N)CC(=O)OC(C)(C)C. The molecule has 4 atom stereocenters. The van der Waals surface area contributed by atoms with E-state index in [-0.39, 0.29) is 0 Å². The molecule has 0 aliphatic heterocycles. The van der Waals surface area contributed by atoms with Gasteiger partial charge in [0.2, 0.25) is 23.6 Å². The van der Waals surface area contributed by atoms with E-state index in [1.807, 2.05) is 0 Å². The van der Waals surface area contributed by atoms with E-state index in [0.717, 1.165) is 51.4 Å². The minimum atomic E-state index is -1.28. The van der Waals surface area contributed by atoms with Gasteiger partial charge in [-0.2, -0.15) is 0 Å². The standard InChI is InChI=1S/C44H80N6O12/c1-41(2,3)59-33(51)25-29(45)37(55)49-31(27-35(53)61-43(7,8)9)39(57)47-23-21-19-17-15-13-14-16-18-20-22-24-48-40(58)32(28-36(54)62-44(10,11)12)50-38(56)30(46)26-34(52)60-42(4,5)6/h29-32H,13-28,45-46H2,1-12H3,(H,47,57)(H,48,58)(H,49,55)(H,50,56)/t29-,30-,31-,32-/m0/s1. The third-order valence-corrected chi connectivity index (χ3v) is 8.34. The molecule has 0 saturated carbocycles. The van der Waals surface area contributed by atoms with Gasteiger partial charge in [0.1, 0.15) is 34.5 Å². The molecule has 0 aliphatic rings. The van der Waals surface area contributed by atoms with Gasteiger partial charge in [0.05, 0.1) is 37.8 Å². The highest BCUT2D eigenvalue weighted by Crippen LogP contribution is 2.14. The molecule has 0 bridgehead atoms. The van der Waals surface area contributed by atoms with E-state index in [1.54, 1.807) is 83.1 Å². The summed E-state index contributed by atoms with van der Waals surface area (Å²) >= 11 is 0. The number of hydrogen-bond donors (Lipinski definition) is 6. The van der Waals surface area contributed by atoms with Crippen LogP contribution in [-0.4, -0.2) is 107 Å². The molecule has 0 aliphatic carbocycles. The number of ether oxygens (including phenoxy) is 4. The lowest BCUT2D eigenvalue weighted by molar-refractivity contribution is -0.158. The van der Waals surface area contributed by atoms with Gasteiger partial charge in [0, 0.05) is 13.1 Å². The smallest absolute Gasteiger partial charge is 0.308 e. The van der Waals surface area contributed by atoms with E-state index >= 15 is 0 Å². The van der Waals surface area contributed by atoms with Gasteiger partial charge in [-0.3, -0.25) is 38.4 Å². The molecule has 0 aromatic rings. The molecular formula is C44H80N6O12. The molecule has 358 valence electrons. The second-order valence-corrected chi connectivity index (χ2v) is 19.6. The Morgan fingerprint density at radius 3 is 0.839 bits per heavy atom. The molecule has 18 nitrogen and oxygen atoms in total. The average molecular weight is 885 g/mol. The van der Waals surface area contributed by atoms with Crippen molar-refractivity contribution in [1.82, 2.24) is 21.3 Å². The molecule has 0 saturated heterocycles. The van der Waals surface area contributed by atoms with Gasteiger partial charge < -0.3 is 51.7 Å². The zero-order chi connectivity index (χ0) is 47.9. The van der Waals surface area contributed by atoms with Crippen LogP contribution in [0.3, 0.4) is 0 Å². The number of esters is 4. The Hall–Kier alpha value is -4.32. The van der Waals surface area contributed by atoms with Crippen molar-refractivity contribution in [3.8, 4) is 0 Å². The van der Waals surface area contributed by atoms with E-state index in [9.17, 15) is 38.4 Å². The number of carbonyl (C=O) groups excluding carboxylic acids is 8. The molecular weight excluding hydrogens is 805 g/mol. The van der Waals surface area contributed by atoms with E-state index in [0.29, 0.717) is 25.9 Å². The van der Waals surface area contributed by atoms with Crippen molar-refractivity contribution in [2.75, 3.05) is 13.1 Å². The topological polar surface area (TPSA) is 274 Å². The lowest BCUT2D eigenvalue weighted by atomic mass is 10.1. The van der Waals surface area contributed by atoms with Crippen LogP contribution in [0.15, 0.2) is 0 Å². The van der Waals surface area contributed by atoms with Crippen molar-refractivity contribution in [3.63, 3.8) is 0 Å². The van der Waals surface area contributed by atoms with Crippen LogP contribution in [0.4, 0.5) is 0 Å². The lowest BCUT2D eigenvalue weighted by Gasteiger charge is -2.24. The Bertz CT molecular complexity index is 1350. The second-order valence-electron chi connectivity index (χ2n) is 19.6. The van der Waals surface area contributed by atoms with E-state index in [2.05, 4.69) is 21.3 Å². The second kappa shape index (κ2) is 27.7. The highest BCUT2D eigenvalue weighted by Gasteiger charge is 2.32. The first-order chi connectivity index (χ1) is 28.4. The van der Waals surface area contributed by atoms with Crippen LogP contribution in [0.1, 0.15) is 173 Å². The number of nitrogens with one attached hydrogen (secondary N) is 4. The van der Waals surface area contributed by atoms with E-state index in [4.69, 9.17) is 30.4 Å². The molecule has 4 amide bonds. The summed E-state index contributed by atoms with van der Waals surface area (Å²) < 4.78 is 21.1. The predicted octanol–water partition coefficient (Wildman–Crippen LogP) is 3.67. The Morgan fingerprint density at radius 1 is 0.371 bits per heavy atom. The monoisotopic (exact) mass is 885 g/mol. The molecule has 0 aromatic carbocycles. The van der Waals surface area contributed by atoms with Crippen LogP contribution in [0.5, 0.6) is 0 Å². The van der Waals surface area contributed by atoms with Crippen LogP contribution >= 0.6 is 0 Å². The molecule has 0 aromatic heterocycles. The summed E-state index contributed by atoms with van der Waals surface area (Å²) in [6.07, 6.45) is 7.57. The Kier molecular flexibility index (Phi) is 25.7. The fourth-order valence-electron chi connectivity index (χ4n) is 5.72. The summed E-state index contributed by atoms with van der Waals surface area (Å²) in [6, 6.07) is -5.04. The zero-order valence-corrected chi connectivity index (χ0v) is 39.7. The third kappa shape index (κ3) is 31.5. The normalized spacial score (nSPS) is 14.0. The van der Waals surface area contributed by atoms with Gasteiger partial charge in [-0.05, 0) is 95.9 Å². The molecule has 0 heterocycles. The van der Waals surface area contributed by atoms with Crippen LogP contribution < -0.4 is 32.7 Å². The van der Waals surface area contributed by atoms with Crippen LogP contribution in [0.25, 0.3) is 0 Å². The summed E-state index contributed by atoms with van der Waals surface area (Å²) in [7, 11) is 0. The third-order valence-electron chi connectivity index (χ3n) is 8.34. The van der Waals surface area contributed by atoms with E-state index < -0.39 is 120 Å². The number of carbonyl (C=O) groups is 8. The number of nitrogens with two attached hydrogens (primary N) is 2. The molecule has 62 heavy (non-hydrogen) atoms. The summed E-state index contributed by atoms with van der Waals surface area (Å²) in [5, 5.41) is 10.5. The number of amides is 4. The molecule has 0 rings (SSSR count). The number of rotatable bonds is 27. The molecule has 8 N–H and O–H groups in total. The van der Waals surface area contributed by atoms with Crippen molar-refractivity contribution in [2.45, 2.75) is 220 Å². The largest absolute Gasteiger partial charge is 0.460 e. The first-order valence-electron chi connectivity index (χ1n) is 21.9. The highest BCUT2D eigenvalue weighted by molar-refractivity contribution is 5.94. The van der Waals surface area contributed by atoms with Gasteiger partial charge in [-0.1, -0.05) is 51.4 Å². The van der Waals surface area contributed by atoms with Crippen LogP contribution in [0, 0.1) is 0 Å². The maximum atomic E-state index is 13.0. The Labute approximate surface area is 369 Å². The Morgan fingerprint density at radius 2 is 0.597 bits per heavy atom. The molecule has 0 unspecified atom stereocenters. The maximum absolute atomic E-state index is 13.0. The quantitative estimate of drug-likeness (QED) is 0.0391. The van der Waals surface area contributed by atoms with Crippen molar-refractivity contribution >= 4 is 47.5 Å². The molecule has 0 radical (unpaired) electrons. The van der Waals surface area contributed by atoms with Crippen LogP contribution in [0.2, 0.25) is 0 Å². The highest BCUT2D eigenvalue weighted by atomic mass is 16.6. The van der Waals surface area contributed by atoms with Gasteiger partial charge in [-0.25, -0.2) is 0 Å². The summed E-state index contributed by atoms with van der Waals surface area (Å²) in [5.41, 5.74) is 8.74. The maximum Gasteiger partial charge on any atom is 0.308 e. The fraction of sp³-hybridized carbons (Fsp3) is 0.818. The van der Waals surface area contributed by atoms with Crippen molar-refractivity contribution in [3.05, 3.63) is 0 Å².